The molecule has 0 bridgehead atoms. The first-order valence-corrected chi connectivity index (χ1v) is 9.57. The number of ether oxygens (including phenoxy) is 3. The van der Waals surface area contributed by atoms with Gasteiger partial charge < -0.3 is 19.5 Å². The van der Waals surface area contributed by atoms with Crippen LogP contribution in [0.1, 0.15) is 25.7 Å². The Morgan fingerprint density at radius 1 is 0.893 bits per heavy atom. The Hall–Kier alpha value is -3.02. The second kappa shape index (κ2) is 7.92. The van der Waals surface area contributed by atoms with Crippen LogP contribution in [0.2, 0.25) is 0 Å². The van der Waals surface area contributed by atoms with Crippen molar-refractivity contribution in [3.8, 4) is 28.6 Å². The van der Waals surface area contributed by atoms with Crippen molar-refractivity contribution in [2.24, 2.45) is 0 Å². The molecule has 1 saturated carbocycles. The second-order valence-corrected chi connectivity index (χ2v) is 6.95. The number of rotatable bonds is 6. The quantitative estimate of drug-likeness (QED) is 0.671. The Kier molecular flexibility index (Phi) is 5.19. The molecule has 0 amide bonds. The van der Waals surface area contributed by atoms with E-state index in [-0.39, 0.29) is 0 Å². The molecule has 0 saturated heterocycles. The fraction of sp³-hybridized carbons (Fsp3) is 0.364. The van der Waals surface area contributed by atoms with Gasteiger partial charge >= 0.3 is 0 Å². The molecule has 1 aromatic heterocycles. The van der Waals surface area contributed by atoms with Crippen LogP contribution in [-0.2, 0) is 0 Å². The normalized spacial score (nSPS) is 14.2. The number of fused-ring (bicyclic) bond motifs is 1. The van der Waals surface area contributed by atoms with Crippen molar-refractivity contribution in [2.75, 3.05) is 26.6 Å². The van der Waals surface area contributed by atoms with E-state index < -0.39 is 0 Å². The second-order valence-electron chi connectivity index (χ2n) is 6.95. The number of nitrogens with zero attached hydrogens (tertiary/aromatic N) is 2. The number of nitrogens with one attached hydrogen (secondary N) is 1. The summed E-state index contributed by atoms with van der Waals surface area (Å²) in [5, 5.41) is 4.67. The van der Waals surface area contributed by atoms with Gasteiger partial charge in [0.05, 0.1) is 26.8 Å². The Morgan fingerprint density at radius 3 is 2.21 bits per heavy atom. The molecule has 1 aliphatic carbocycles. The van der Waals surface area contributed by atoms with Crippen molar-refractivity contribution in [3.05, 3.63) is 36.4 Å². The van der Waals surface area contributed by atoms with E-state index >= 15 is 0 Å². The van der Waals surface area contributed by atoms with E-state index in [0.29, 0.717) is 29.1 Å². The van der Waals surface area contributed by atoms with Crippen molar-refractivity contribution in [1.82, 2.24) is 9.97 Å². The highest BCUT2D eigenvalue weighted by atomic mass is 16.5. The minimum absolute atomic E-state index is 0.464. The minimum Gasteiger partial charge on any atom is -0.493 e. The number of hydrogen-bond donors (Lipinski definition) is 1. The maximum Gasteiger partial charge on any atom is 0.203 e. The summed E-state index contributed by atoms with van der Waals surface area (Å²) in [6.07, 6.45) is 4.89. The van der Waals surface area contributed by atoms with Gasteiger partial charge in [-0.15, -0.1) is 0 Å². The molecule has 1 N–H and O–H groups in total. The summed E-state index contributed by atoms with van der Waals surface area (Å²) in [6, 6.07) is 12.3. The predicted molar refractivity (Wildman–Crippen MR) is 111 cm³/mol. The maximum absolute atomic E-state index is 5.49. The molecule has 0 aliphatic heterocycles. The predicted octanol–water partition coefficient (Wildman–Crippen LogP) is 4.68. The lowest BCUT2D eigenvalue weighted by Crippen LogP contribution is -2.16. The molecule has 28 heavy (non-hydrogen) atoms. The lowest BCUT2D eigenvalue weighted by molar-refractivity contribution is 0.324. The first-order valence-electron chi connectivity index (χ1n) is 9.57. The molecule has 3 aromatic rings. The fourth-order valence-corrected chi connectivity index (χ4v) is 3.79. The van der Waals surface area contributed by atoms with Gasteiger partial charge in [0, 0.05) is 17.0 Å². The lowest BCUT2D eigenvalue weighted by Gasteiger charge is -2.17. The van der Waals surface area contributed by atoms with Crippen LogP contribution < -0.4 is 19.5 Å². The summed E-state index contributed by atoms with van der Waals surface area (Å²) in [4.78, 5) is 9.65. The summed E-state index contributed by atoms with van der Waals surface area (Å²) >= 11 is 0. The van der Waals surface area contributed by atoms with E-state index in [2.05, 4.69) is 11.4 Å². The third kappa shape index (κ3) is 3.42. The smallest absolute Gasteiger partial charge is 0.203 e. The lowest BCUT2D eigenvalue weighted by atomic mass is 10.1. The third-order valence-electron chi connectivity index (χ3n) is 5.22. The summed E-state index contributed by atoms with van der Waals surface area (Å²) in [7, 11) is 4.81. The number of aromatic nitrogens is 2. The standard InChI is InChI=1S/C22H25N3O3/c1-26-18-12-14(13-19(27-2)20(18)28-3)21-24-17-11-7-6-10-16(17)22(25-21)23-15-8-4-5-9-15/h6-7,10-13,15H,4-5,8-9H2,1-3H3,(H,23,24,25). The average molecular weight is 379 g/mol. The van der Waals surface area contributed by atoms with Crippen LogP contribution in [0.25, 0.3) is 22.3 Å². The van der Waals surface area contributed by atoms with Gasteiger partial charge in [0.15, 0.2) is 17.3 Å². The molecule has 146 valence electrons. The summed E-state index contributed by atoms with van der Waals surface area (Å²) < 4.78 is 16.4. The molecular formula is C22H25N3O3. The van der Waals surface area contributed by atoms with E-state index in [1.807, 2.05) is 30.3 Å². The monoisotopic (exact) mass is 379 g/mol. The SMILES string of the molecule is COc1cc(-c2nc(NC3CCCC3)c3ccccc3n2)cc(OC)c1OC. The summed E-state index contributed by atoms with van der Waals surface area (Å²) in [6.45, 7) is 0. The molecule has 0 spiro atoms. The van der Waals surface area contributed by atoms with Gasteiger partial charge in [0.1, 0.15) is 5.82 Å². The highest BCUT2D eigenvalue weighted by molar-refractivity contribution is 5.90. The summed E-state index contributed by atoms with van der Waals surface area (Å²) in [5.41, 5.74) is 1.72. The van der Waals surface area contributed by atoms with Crippen LogP contribution in [0.5, 0.6) is 17.2 Å². The first kappa shape index (κ1) is 18.3. The van der Waals surface area contributed by atoms with Crippen molar-refractivity contribution in [1.29, 1.82) is 0 Å². The average Bonchev–Trinajstić information content (AvgIpc) is 3.25. The third-order valence-corrected chi connectivity index (χ3v) is 5.22. The van der Waals surface area contributed by atoms with Gasteiger partial charge in [-0.25, -0.2) is 9.97 Å². The number of benzene rings is 2. The number of anilines is 1. The topological polar surface area (TPSA) is 65.5 Å². The van der Waals surface area contributed by atoms with Crippen LogP contribution in [0, 0.1) is 0 Å². The largest absolute Gasteiger partial charge is 0.493 e. The number of hydrogen-bond acceptors (Lipinski definition) is 6. The van der Waals surface area contributed by atoms with Crippen molar-refractivity contribution >= 4 is 16.7 Å². The van der Waals surface area contributed by atoms with Gasteiger partial charge in [0.25, 0.3) is 0 Å². The van der Waals surface area contributed by atoms with Gasteiger partial charge in [-0.05, 0) is 37.1 Å². The molecule has 1 aliphatic rings. The Bertz CT molecular complexity index is 959. The van der Waals surface area contributed by atoms with Gasteiger partial charge in [0.2, 0.25) is 5.75 Å². The highest BCUT2D eigenvalue weighted by Gasteiger charge is 2.19. The molecule has 6 heteroatoms. The first-order chi connectivity index (χ1) is 13.7. The van der Waals surface area contributed by atoms with Crippen molar-refractivity contribution in [3.63, 3.8) is 0 Å². The molecule has 1 fully saturated rings. The van der Waals surface area contributed by atoms with Crippen molar-refractivity contribution in [2.45, 2.75) is 31.7 Å². The molecular weight excluding hydrogens is 354 g/mol. The molecule has 0 unspecified atom stereocenters. The zero-order chi connectivity index (χ0) is 19.5. The summed E-state index contributed by atoms with van der Waals surface area (Å²) in [5.74, 6) is 3.22. The van der Waals surface area contributed by atoms with Crippen LogP contribution >= 0.6 is 0 Å². The Balaban J connectivity index is 1.84. The Morgan fingerprint density at radius 2 is 1.57 bits per heavy atom. The van der Waals surface area contributed by atoms with Crippen LogP contribution in [-0.4, -0.2) is 37.3 Å². The maximum atomic E-state index is 5.49. The molecule has 4 rings (SSSR count). The van der Waals surface area contributed by atoms with E-state index in [0.717, 1.165) is 22.3 Å². The number of para-hydroxylation sites is 1. The molecule has 2 aromatic carbocycles. The van der Waals surface area contributed by atoms with E-state index in [1.54, 1.807) is 21.3 Å². The van der Waals surface area contributed by atoms with Crippen LogP contribution in [0.15, 0.2) is 36.4 Å². The van der Waals surface area contributed by atoms with E-state index in [9.17, 15) is 0 Å². The Labute approximate surface area is 164 Å². The molecule has 1 heterocycles. The molecule has 0 radical (unpaired) electrons. The van der Waals surface area contributed by atoms with E-state index in [1.165, 1.54) is 25.7 Å². The van der Waals surface area contributed by atoms with Crippen LogP contribution in [0.3, 0.4) is 0 Å². The fourth-order valence-electron chi connectivity index (χ4n) is 3.79. The van der Waals surface area contributed by atoms with Gasteiger partial charge in [-0.2, -0.15) is 0 Å². The zero-order valence-electron chi connectivity index (χ0n) is 16.5. The van der Waals surface area contributed by atoms with Gasteiger partial charge in [-0.3, -0.25) is 0 Å². The number of methoxy groups -OCH3 is 3. The minimum atomic E-state index is 0.464. The zero-order valence-corrected chi connectivity index (χ0v) is 16.5. The van der Waals surface area contributed by atoms with Gasteiger partial charge in [-0.1, -0.05) is 25.0 Å². The molecule has 0 atom stereocenters. The van der Waals surface area contributed by atoms with Crippen LogP contribution in [0.4, 0.5) is 5.82 Å². The van der Waals surface area contributed by atoms with E-state index in [4.69, 9.17) is 24.2 Å². The van der Waals surface area contributed by atoms with Crippen molar-refractivity contribution < 1.29 is 14.2 Å². The highest BCUT2D eigenvalue weighted by Crippen LogP contribution is 2.41. The molecule has 6 nitrogen and oxygen atoms in total.